The fourth-order valence-electron chi connectivity index (χ4n) is 0.877. The van der Waals surface area contributed by atoms with Crippen LogP contribution in [-0.2, 0) is 4.79 Å². The Labute approximate surface area is 87.1 Å². The normalized spacial score (nSPS) is 11.2. The number of halogens is 4. The summed E-state index contributed by atoms with van der Waals surface area (Å²) in [6.07, 6.45) is -5.68. The van der Waals surface area contributed by atoms with Crippen LogP contribution >= 0.6 is 0 Å². The zero-order chi connectivity index (χ0) is 12.3. The molecule has 0 aliphatic heterocycles. The van der Waals surface area contributed by atoms with Crippen molar-refractivity contribution in [3.05, 3.63) is 29.8 Å². The largest absolute Gasteiger partial charge is 0.450 e. The molecular formula is C9H5F4NO2. The van der Waals surface area contributed by atoms with Crippen molar-refractivity contribution >= 4 is 11.6 Å². The number of Topliss-reactive ketones (excluding diaryl/α,β-unsaturated/α-hetero) is 2. The van der Waals surface area contributed by atoms with E-state index in [1.165, 1.54) is 0 Å². The lowest BCUT2D eigenvalue weighted by Crippen LogP contribution is -2.25. The standard InChI is InChI=1S/C9H5F4NO2/c10-5-1-2-6(14-4-5)7(15)3-8(16)9(11,12)13/h1-2,4H,3H2. The summed E-state index contributed by atoms with van der Waals surface area (Å²) in [5.41, 5.74) is -0.376. The monoisotopic (exact) mass is 235 g/mol. The zero-order valence-electron chi connectivity index (χ0n) is 7.71. The van der Waals surface area contributed by atoms with Crippen LogP contribution in [0, 0.1) is 5.82 Å². The molecule has 0 radical (unpaired) electrons. The molecule has 1 aromatic rings. The molecule has 0 atom stereocenters. The van der Waals surface area contributed by atoms with Crippen molar-refractivity contribution in [2.45, 2.75) is 12.6 Å². The Morgan fingerprint density at radius 3 is 2.31 bits per heavy atom. The second-order valence-electron chi connectivity index (χ2n) is 2.88. The fraction of sp³-hybridized carbons (Fsp3) is 0.222. The molecule has 0 N–H and O–H groups in total. The minimum absolute atomic E-state index is 0.376. The third-order valence-electron chi connectivity index (χ3n) is 1.65. The molecule has 0 unspecified atom stereocenters. The lowest BCUT2D eigenvalue weighted by Gasteiger charge is -2.03. The van der Waals surface area contributed by atoms with Crippen LogP contribution in [-0.4, -0.2) is 22.7 Å². The Morgan fingerprint density at radius 1 is 1.25 bits per heavy atom. The maximum Gasteiger partial charge on any atom is 0.450 e. The number of pyridine rings is 1. The van der Waals surface area contributed by atoms with Gasteiger partial charge in [-0.3, -0.25) is 14.6 Å². The quantitative estimate of drug-likeness (QED) is 0.457. The van der Waals surface area contributed by atoms with E-state index in [-0.39, 0.29) is 5.69 Å². The van der Waals surface area contributed by atoms with Crippen LogP contribution in [0.4, 0.5) is 17.6 Å². The van der Waals surface area contributed by atoms with Crippen LogP contribution in [0.25, 0.3) is 0 Å². The summed E-state index contributed by atoms with van der Waals surface area (Å²) in [5, 5.41) is 0. The summed E-state index contributed by atoms with van der Waals surface area (Å²) in [5.74, 6) is -3.97. The minimum atomic E-state index is -5.05. The Balaban J connectivity index is 2.74. The summed E-state index contributed by atoms with van der Waals surface area (Å²) < 4.78 is 47.8. The number of ketones is 2. The number of rotatable bonds is 3. The van der Waals surface area contributed by atoms with Gasteiger partial charge in [0, 0.05) is 0 Å². The van der Waals surface area contributed by atoms with Crippen LogP contribution in [0.2, 0.25) is 0 Å². The highest BCUT2D eigenvalue weighted by molar-refractivity contribution is 6.08. The number of aromatic nitrogens is 1. The van der Waals surface area contributed by atoms with E-state index in [0.717, 1.165) is 12.1 Å². The van der Waals surface area contributed by atoms with Gasteiger partial charge in [-0.15, -0.1) is 0 Å². The summed E-state index contributed by atoms with van der Waals surface area (Å²) in [7, 11) is 0. The molecule has 86 valence electrons. The van der Waals surface area contributed by atoms with Crippen molar-refractivity contribution in [3.8, 4) is 0 Å². The summed E-state index contributed by atoms with van der Waals surface area (Å²) >= 11 is 0. The molecule has 0 saturated heterocycles. The van der Waals surface area contributed by atoms with Crippen LogP contribution in [0.5, 0.6) is 0 Å². The molecule has 1 heterocycles. The van der Waals surface area contributed by atoms with Crippen LogP contribution < -0.4 is 0 Å². The Kier molecular flexibility index (Phi) is 3.36. The number of alkyl halides is 3. The van der Waals surface area contributed by atoms with Crippen molar-refractivity contribution in [1.29, 1.82) is 0 Å². The molecule has 1 aromatic heterocycles. The molecule has 3 nitrogen and oxygen atoms in total. The van der Waals surface area contributed by atoms with E-state index in [4.69, 9.17) is 0 Å². The van der Waals surface area contributed by atoms with E-state index in [1.807, 2.05) is 0 Å². The van der Waals surface area contributed by atoms with Gasteiger partial charge in [-0.05, 0) is 12.1 Å². The van der Waals surface area contributed by atoms with Crippen molar-refractivity contribution in [1.82, 2.24) is 4.98 Å². The summed E-state index contributed by atoms with van der Waals surface area (Å²) in [4.78, 5) is 24.8. The predicted octanol–water partition coefficient (Wildman–Crippen LogP) is 1.92. The van der Waals surface area contributed by atoms with Crippen LogP contribution in [0.3, 0.4) is 0 Å². The number of carbonyl (C=O) groups excluding carboxylic acids is 2. The fourth-order valence-corrected chi connectivity index (χ4v) is 0.877. The van der Waals surface area contributed by atoms with Crippen molar-refractivity contribution < 1.29 is 27.2 Å². The molecule has 0 spiro atoms. The van der Waals surface area contributed by atoms with Gasteiger partial charge in [0.05, 0.1) is 12.6 Å². The summed E-state index contributed by atoms with van der Waals surface area (Å²) in [6.45, 7) is 0. The molecule has 0 aromatic carbocycles. The first kappa shape index (κ1) is 12.3. The van der Waals surface area contributed by atoms with Gasteiger partial charge in [0.15, 0.2) is 5.78 Å². The van der Waals surface area contributed by atoms with Gasteiger partial charge in [-0.25, -0.2) is 4.39 Å². The molecule has 1 rings (SSSR count). The predicted molar refractivity (Wildman–Crippen MR) is 44.2 cm³/mol. The van der Waals surface area contributed by atoms with E-state index in [2.05, 4.69) is 4.98 Å². The Hall–Kier alpha value is -1.79. The summed E-state index contributed by atoms with van der Waals surface area (Å²) in [6, 6.07) is 1.79. The minimum Gasteiger partial charge on any atom is -0.292 e. The van der Waals surface area contributed by atoms with Crippen molar-refractivity contribution in [2.75, 3.05) is 0 Å². The van der Waals surface area contributed by atoms with E-state index >= 15 is 0 Å². The maximum absolute atomic E-state index is 12.4. The third-order valence-corrected chi connectivity index (χ3v) is 1.65. The molecule has 0 bridgehead atoms. The average Bonchev–Trinajstić information content (AvgIpc) is 2.17. The highest BCUT2D eigenvalue weighted by Crippen LogP contribution is 2.18. The molecule has 7 heteroatoms. The molecule has 16 heavy (non-hydrogen) atoms. The second kappa shape index (κ2) is 4.38. The molecule has 0 aliphatic rings. The number of hydrogen-bond acceptors (Lipinski definition) is 3. The first-order valence-electron chi connectivity index (χ1n) is 4.05. The number of hydrogen-bond donors (Lipinski definition) is 0. The first-order valence-corrected chi connectivity index (χ1v) is 4.05. The van der Waals surface area contributed by atoms with E-state index in [1.54, 1.807) is 0 Å². The van der Waals surface area contributed by atoms with Gasteiger partial charge in [0.1, 0.15) is 11.5 Å². The molecule has 0 saturated carbocycles. The molecule has 0 fully saturated rings. The van der Waals surface area contributed by atoms with E-state index in [0.29, 0.717) is 6.20 Å². The Bertz CT molecular complexity index is 411. The topological polar surface area (TPSA) is 47.0 Å². The molecular weight excluding hydrogens is 230 g/mol. The third kappa shape index (κ3) is 3.11. The van der Waals surface area contributed by atoms with Gasteiger partial charge < -0.3 is 0 Å². The number of nitrogens with zero attached hydrogens (tertiary/aromatic N) is 1. The van der Waals surface area contributed by atoms with E-state index in [9.17, 15) is 27.2 Å². The highest BCUT2D eigenvalue weighted by atomic mass is 19.4. The lowest BCUT2D eigenvalue weighted by atomic mass is 10.1. The SMILES string of the molecule is O=C(CC(=O)C(F)(F)F)c1ccc(F)cn1. The van der Waals surface area contributed by atoms with Gasteiger partial charge in [0.2, 0.25) is 5.78 Å². The van der Waals surface area contributed by atoms with E-state index < -0.39 is 30.0 Å². The molecule has 0 aliphatic carbocycles. The number of carbonyl (C=O) groups is 2. The Morgan fingerprint density at radius 2 is 1.88 bits per heavy atom. The van der Waals surface area contributed by atoms with Crippen molar-refractivity contribution in [2.24, 2.45) is 0 Å². The van der Waals surface area contributed by atoms with Gasteiger partial charge >= 0.3 is 6.18 Å². The van der Waals surface area contributed by atoms with Gasteiger partial charge in [-0.1, -0.05) is 0 Å². The first-order chi connectivity index (χ1) is 7.30. The van der Waals surface area contributed by atoms with Gasteiger partial charge in [-0.2, -0.15) is 13.2 Å². The highest BCUT2D eigenvalue weighted by Gasteiger charge is 2.39. The smallest absolute Gasteiger partial charge is 0.292 e. The van der Waals surface area contributed by atoms with Gasteiger partial charge in [0.25, 0.3) is 0 Å². The second-order valence-corrected chi connectivity index (χ2v) is 2.88. The maximum atomic E-state index is 12.4. The average molecular weight is 235 g/mol. The lowest BCUT2D eigenvalue weighted by molar-refractivity contribution is -0.170. The van der Waals surface area contributed by atoms with Crippen LogP contribution in [0.1, 0.15) is 16.9 Å². The van der Waals surface area contributed by atoms with Crippen molar-refractivity contribution in [3.63, 3.8) is 0 Å². The molecule has 0 amide bonds. The zero-order valence-corrected chi connectivity index (χ0v) is 7.71. The van der Waals surface area contributed by atoms with Crippen LogP contribution in [0.15, 0.2) is 18.3 Å².